The van der Waals surface area contributed by atoms with Crippen molar-refractivity contribution in [1.29, 1.82) is 0 Å². The molecule has 0 saturated heterocycles. The van der Waals surface area contributed by atoms with Gasteiger partial charge in [0.25, 0.3) is 5.91 Å². The van der Waals surface area contributed by atoms with Gasteiger partial charge in [-0.2, -0.15) is 0 Å². The molecular weight excluding hydrogens is 279 g/mol. The summed E-state index contributed by atoms with van der Waals surface area (Å²) >= 11 is 5.69. The Balaban J connectivity index is 2.54. The summed E-state index contributed by atoms with van der Waals surface area (Å²) in [5.41, 5.74) is 0.452. The van der Waals surface area contributed by atoms with E-state index in [2.05, 4.69) is 4.99 Å². The van der Waals surface area contributed by atoms with E-state index < -0.39 is 11.7 Å². The Morgan fingerprint density at radius 3 is 2.70 bits per heavy atom. The monoisotopic (exact) mass is 292 g/mol. The summed E-state index contributed by atoms with van der Waals surface area (Å²) in [7, 11) is 0. The van der Waals surface area contributed by atoms with E-state index >= 15 is 0 Å². The maximum absolute atomic E-state index is 13.8. The molecule has 0 saturated carbocycles. The van der Waals surface area contributed by atoms with Crippen molar-refractivity contribution < 1.29 is 9.18 Å². The zero-order valence-electron chi connectivity index (χ0n) is 11.2. The minimum Gasteiger partial charge on any atom is -0.268 e. The van der Waals surface area contributed by atoms with Crippen LogP contribution in [0.4, 0.5) is 4.39 Å². The van der Waals surface area contributed by atoms with Gasteiger partial charge in [-0.1, -0.05) is 17.7 Å². The number of carbonyl (C=O) groups excluding carboxylic acids is 1. The fourth-order valence-electron chi connectivity index (χ4n) is 1.77. The molecule has 104 valence electrons. The van der Waals surface area contributed by atoms with Crippen molar-refractivity contribution >= 4 is 17.5 Å². The van der Waals surface area contributed by atoms with Crippen molar-refractivity contribution in [2.24, 2.45) is 4.99 Å². The number of benzene rings is 1. The van der Waals surface area contributed by atoms with Crippen molar-refractivity contribution in [3.8, 4) is 0 Å². The molecule has 0 spiro atoms. The normalized spacial score (nSPS) is 11.9. The molecule has 0 aliphatic heterocycles. The summed E-state index contributed by atoms with van der Waals surface area (Å²) in [6.45, 7) is 3.81. The lowest BCUT2D eigenvalue weighted by molar-refractivity contribution is 0.0950. The smallest absolute Gasteiger partial charge is 0.266 e. The Bertz CT molecular complexity index is 707. The summed E-state index contributed by atoms with van der Waals surface area (Å²) in [5, 5.41) is 0.254. The van der Waals surface area contributed by atoms with E-state index in [0.29, 0.717) is 5.49 Å². The Hall–Kier alpha value is -1.94. The topological polar surface area (TPSA) is 34.4 Å². The number of nitrogens with zero attached hydrogens (tertiary/aromatic N) is 2. The molecule has 0 bridgehead atoms. The molecule has 5 heteroatoms. The molecule has 2 rings (SSSR count). The summed E-state index contributed by atoms with van der Waals surface area (Å²) in [4.78, 5) is 16.7. The van der Waals surface area contributed by atoms with E-state index in [0.717, 1.165) is 6.07 Å². The van der Waals surface area contributed by atoms with E-state index in [-0.39, 0.29) is 16.6 Å². The second-order valence-electron chi connectivity index (χ2n) is 4.58. The predicted molar refractivity (Wildman–Crippen MR) is 76.3 cm³/mol. The maximum Gasteiger partial charge on any atom is 0.266 e. The fraction of sp³-hybridized carbons (Fsp3) is 0.200. The lowest BCUT2D eigenvalue weighted by Gasteiger charge is -2.08. The highest BCUT2D eigenvalue weighted by Crippen LogP contribution is 2.15. The summed E-state index contributed by atoms with van der Waals surface area (Å²) in [6.07, 6.45) is 1.57. The van der Waals surface area contributed by atoms with Crippen LogP contribution >= 0.6 is 11.6 Å². The minimum absolute atomic E-state index is 0.0338. The molecule has 0 aliphatic rings. The third-order valence-corrected chi connectivity index (χ3v) is 2.84. The molecule has 0 radical (unpaired) electrons. The molecule has 0 unspecified atom stereocenters. The van der Waals surface area contributed by atoms with Crippen molar-refractivity contribution in [3.05, 3.63) is 64.5 Å². The number of hydrogen-bond acceptors (Lipinski definition) is 2. The molecule has 3 nitrogen and oxygen atoms in total. The minimum atomic E-state index is -0.644. The standard InChI is InChI=1S/C15H14ClFN2O/c1-10(2)18-14-5-3-4-8-19(14)15(20)12-7-6-11(16)9-13(12)17/h3-10H,1-2H3. The van der Waals surface area contributed by atoms with E-state index in [1.165, 1.54) is 16.7 Å². The zero-order chi connectivity index (χ0) is 14.7. The van der Waals surface area contributed by atoms with Crippen molar-refractivity contribution in [3.63, 3.8) is 0 Å². The lowest BCUT2D eigenvalue weighted by atomic mass is 10.2. The van der Waals surface area contributed by atoms with Crippen LogP contribution in [0.3, 0.4) is 0 Å². The first kappa shape index (κ1) is 14.5. The molecule has 0 amide bonds. The summed E-state index contributed by atoms with van der Waals surface area (Å²) in [6, 6.07) is 9.21. The molecule has 0 N–H and O–H groups in total. The van der Waals surface area contributed by atoms with Crippen LogP contribution in [0.2, 0.25) is 5.02 Å². The van der Waals surface area contributed by atoms with Gasteiger partial charge in [-0.3, -0.25) is 14.4 Å². The highest BCUT2D eigenvalue weighted by molar-refractivity contribution is 6.30. The van der Waals surface area contributed by atoms with Gasteiger partial charge in [-0.25, -0.2) is 4.39 Å². The maximum atomic E-state index is 13.8. The zero-order valence-corrected chi connectivity index (χ0v) is 11.9. The van der Waals surface area contributed by atoms with Gasteiger partial charge < -0.3 is 0 Å². The van der Waals surface area contributed by atoms with Crippen molar-refractivity contribution in [1.82, 2.24) is 4.57 Å². The predicted octanol–water partition coefficient (Wildman–Crippen LogP) is 3.28. The molecule has 0 atom stereocenters. The second kappa shape index (κ2) is 6.01. The first-order valence-electron chi connectivity index (χ1n) is 6.20. The number of carbonyl (C=O) groups is 1. The van der Waals surface area contributed by atoms with E-state index in [4.69, 9.17) is 11.6 Å². The lowest BCUT2D eigenvalue weighted by Crippen LogP contribution is -2.28. The summed E-state index contributed by atoms with van der Waals surface area (Å²) in [5.74, 6) is -1.12. The molecule has 0 fully saturated rings. The van der Waals surface area contributed by atoms with Gasteiger partial charge >= 0.3 is 0 Å². The highest BCUT2D eigenvalue weighted by Gasteiger charge is 2.14. The number of aromatic nitrogens is 1. The second-order valence-corrected chi connectivity index (χ2v) is 5.02. The number of halogens is 2. The molecule has 0 aliphatic carbocycles. The third-order valence-electron chi connectivity index (χ3n) is 2.61. The van der Waals surface area contributed by atoms with Crippen LogP contribution in [0.25, 0.3) is 0 Å². The molecule has 1 aromatic heterocycles. The average molecular weight is 293 g/mol. The van der Waals surface area contributed by atoms with Crippen LogP contribution in [-0.2, 0) is 0 Å². The van der Waals surface area contributed by atoms with E-state index in [1.807, 2.05) is 13.8 Å². The molecule has 1 aromatic carbocycles. The van der Waals surface area contributed by atoms with Crippen LogP contribution in [0.15, 0.2) is 47.6 Å². The molecular formula is C15H14ClFN2O. The SMILES string of the molecule is CC(C)N=c1ccccn1C(=O)c1ccc(Cl)cc1F. The fourth-order valence-corrected chi connectivity index (χ4v) is 1.93. The van der Waals surface area contributed by atoms with Gasteiger partial charge in [0, 0.05) is 17.3 Å². The van der Waals surface area contributed by atoms with E-state index in [9.17, 15) is 9.18 Å². The number of rotatable bonds is 2. The van der Waals surface area contributed by atoms with Crippen LogP contribution in [0.1, 0.15) is 24.2 Å². The number of pyridine rings is 1. The van der Waals surface area contributed by atoms with Gasteiger partial charge in [0.15, 0.2) is 0 Å². The average Bonchev–Trinajstić information content (AvgIpc) is 2.38. The highest BCUT2D eigenvalue weighted by atomic mass is 35.5. The summed E-state index contributed by atoms with van der Waals surface area (Å²) < 4.78 is 15.2. The van der Waals surface area contributed by atoms with Crippen molar-refractivity contribution in [2.75, 3.05) is 0 Å². The van der Waals surface area contributed by atoms with Gasteiger partial charge in [0.1, 0.15) is 11.3 Å². The largest absolute Gasteiger partial charge is 0.268 e. The Morgan fingerprint density at radius 1 is 1.30 bits per heavy atom. The Kier molecular flexibility index (Phi) is 4.35. The van der Waals surface area contributed by atoms with Crippen LogP contribution < -0.4 is 5.49 Å². The van der Waals surface area contributed by atoms with Gasteiger partial charge in [0.05, 0.1) is 5.56 Å². The van der Waals surface area contributed by atoms with Crippen LogP contribution in [0.5, 0.6) is 0 Å². The van der Waals surface area contributed by atoms with E-state index in [1.54, 1.807) is 24.4 Å². The van der Waals surface area contributed by atoms with Crippen molar-refractivity contribution in [2.45, 2.75) is 19.9 Å². The van der Waals surface area contributed by atoms with Crippen LogP contribution in [0, 0.1) is 5.82 Å². The molecule has 2 aromatic rings. The molecule has 20 heavy (non-hydrogen) atoms. The molecule has 1 heterocycles. The van der Waals surface area contributed by atoms with Gasteiger partial charge in [-0.15, -0.1) is 0 Å². The third kappa shape index (κ3) is 3.14. The number of hydrogen-bond donors (Lipinski definition) is 0. The quantitative estimate of drug-likeness (QED) is 0.836. The van der Waals surface area contributed by atoms with Crippen LogP contribution in [-0.4, -0.2) is 16.5 Å². The Morgan fingerprint density at radius 2 is 2.05 bits per heavy atom. The first-order valence-corrected chi connectivity index (χ1v) is 6.58. The van der Waals surface area contributed by atoms with Gasteiger partial charge in [0.2, 0.25) is 0 Å². The van der Waals surface area contributed by atoms with Gasteiger partial charge in [-0.05, 0) is 44.2 Å². The Labute approximate surface area is 121 Å². The first-order chi connectivity index (χ1) is 9.49.